The van der Waals surface area contributed by atoms with Crippen molar-refractivity contribution in [2.24, 2.45) is 0 Å². The minimum absolute atomic E-state index is 0.0501. The van der Waals surface area contributed by atoms with Gasteiger partial charge in [-0.25, -0.2) is 4.68 Å². The van der Waals surface area contributed by atoms with Crippen LogP contribution in [0, 0.1) is 10.1 Å². The number of nitro groups is 1. The monoisotopic (exact) mass is 290 g/mol. The van der Waals surface area contributed by atoms with Gasteiger partial charge in [-0.3, -0.25) is 14.9 Å². The Morgan fingerprint density at radius 1 is 1.38 bits per heavy atom. The van der Waals surface area contributed by atoms with Gasteiger partial charge < -0.3 is 10.1 Å². The normalized spacial score (nSPS) is 10.2. The summed E-state index contributed by atoms with van der Waals surface area (Å²) in [6, 6.07) is 7.51. The van der Waals surface area contributed by atoms with Crippen molar-refractivity contribution in [3.63, 3.8) is 0 Å². The largest absolute Gasteiger partial charge is 0.480 e. The third-order valence-electron chi connectivity index (χ3n) is 2.91. The van der Waals surface area contributed by atoms with Crippen LogP contribution in [0.4, 0.5) is 11.4 Å². The number of ether oxygens (including phenoxy) is 1. The molecule has 0 fully saturated rings. The van der Waals surface area contributed by atoms with Crippen LogP contribution in [0.2, 0.25) is 0 Å². The topological polar surface area (TPSA) is 99.3 Å². The third kappa shape index (κ3) is 3.16. The van der Waals surface area contributed by atoms with Crippen LogP contribution < -0.4 is 15.6 Å². The molecule has 1 heterocycles. The number of aromatic nitrogens is 2. The molecule has 8 nitrogen and oxygen atoms in total. The van der Waals surface area contributed by atoms with Crippen molar-refractivity contribution in [2.45, 2.75) is 6.54 Å². The molecule has 1 N–H and O–H groups in total. The van der Waals surface area contributed by atoms with Crippen LogP contribution in [0.15, 0.2) is 35.1 Å². The lowest BCUT2D eigenvalue weighted by atomic mass is 10.1. The number of methoxy groups -OCH3 is 1. The summed E-state index contributed by atoms with van der Waals surface area (Å²) >= 11 is 0. The fourth-order valence-electron chi connectivity index (χ4n) is 1.86. The predicted molar refractivity (Wildman–Crippen MR) is 76.8 cm³/mol. The van der Waals surface area contributed by atoms with E-state index in [4.69, 9.17) is 4.74 Å². The van der Waals surface area contributed by atoms with Gasteiger partial charge in [-0.1, -0.05) is 6.07 Å². The first-order valence-electron chi connectivity index (χ1n) is 6.12. The van der Waals surface area contributed by atoms with E-state index in [9.17, 15) is 14.9 Å². The zero-order valence-corrected chi connectivity index (χ0v) is 11.6. The average molecular weight is 290 g/mol. The third-order valence-corrected chi connectivity index (χ3v) is 2.91. The molecule has 0 aliphatic heterocycles. The molecule has 0 saturated carbocycles. The lowest BCUT2D eigenvalue weighted by Crippen LogP contribution is -2.22. The molecule has 1 aromatic carbocycles. The van der Waals surface area contributed by atoms with Crippen LogP contribution in [0.5, 0.6) is 5.88 Å². The first-order chi connectivity index (χ1) is 10.0. The van der Waals surface area contributed by atoms with Crippen molar-refractivity contribution in [1.29, 1.82) is 0 Å². The van der Waals surface area contributed by atoms with Gasteiger partial charge in [0.2, 0.25) is 5.88 Å². The number of nitro benzene ring substituents is 1. The molecule has 0 atom stereocenters. The van der Waals surface area contributed by atoms with Gasteiger partial charge in [0.15, 0.2) is 0 Å². The molecule has 21 heavy (non-hydrogen) atoms. The van der Waals surface area contributed by atoms with Crippen LogP contribution in [0.1, 0.15) is 5.56 Å². The molecule has 110 valence electrons. The Bertz CT molecular complexity index is 726. The number of nitrogens with zero attached hydrogens (tertiary/aromatic N) is 3. The van der Waals surface area contributed by atoms with Crippen LogP contribution in [0.3, 0.4) is 0 Å². The van der Waals surface area contributed by atoms with Gasteiger partial charge in [0.05, 0.1) is 18.6 Å². The Balaban J connectivity index is 2.38. The van der Waals surface area contributed by atoms with Gasteiger partial charge in [-0.15, -0.1) is 5.10 Å². The first kappa shape index (κ1) is 14.5. The molecule has 2 aromatic rings. The average Bonchev–Trinajstić information content (AvgIpc) is 2.49. The molecule has 8 heteroatoms. The number of rotatable bonds is 5. The first-order valence-corrected chi connectivity index (χ1v) is 6.12. The second-order valence-corrected chi connectivity index (χ2v) is 4.23. The zero-order chi connectivity index (χ0) is 15.4. The summed E-state index contributed by atoms with van der Waals surface area (Å²) < 4.78 is 6.15. The molecule has 2 rings (SSSR count). The second kappa shape index (κ2) is 6.04. The van der Waals surface area contributed by atoms with E-state index >= 15 is 0 Å². The van der Waals surface area contributed by atoms with Crippen molar-refractivity contribution in [3.8, 4) is 5.88 Å². The fraction of sp³-hybridized carbons (Fsp3) is 0.231. The van der Waals surface area contributed by atoms with E-state index in [0.717, 1.165) is 0 Å². The second-order valence-electron chi connectivity index (χ2n) is 4.23. The molecule has 0 radical (unpaired) electrons. The highest BCUT2D eigenvalue weighted by molar-refractivity contribution is 5.62. The van der Waals surface area contributed by atoms with Gasteiger partial charge in [0.1, 0.15) is 5.69 Å². The maximum absolute atomic E-state index is 11.7. The number of hydrogen-bond acceptors (Lipinski definition) is 6. The Morgan fingerprint density at radius 3 is 2.76 bits per heavy atom. The maximum atomic E-state index is 11.7. The molecular formula is C13H14N4O4. The summed E-state index contributed by atoms with van der Waals surface area (Å²) in [5.74, 6) is 0.302. The summed E-state index contributed by atoms with van der Waals surface area (Å²) in [4.78, 5) is 22.3. The molecule has 0 saturated heterocycles. The highest BCUT2D eigenvalue weighted by atomic mass is 16.6. The standard InChI is InChI=1S/C13H14N4O4/c1-14-10-4-3-9(7-11(10)17(19)20)8-16-13(18)6-5-12(15-16)21-2/h3-7,14H,8H2,1-2H3. The highest BCUT2D eigenvalue weighted by Gasteiger charge is 2.14. The van der Waals surface area contributed by atoms with E-state index < -0.39 is 4.92 Å². The minimum Gasteiger partial charge on any atom is -0.480 e. The molecule has 0 spiro atoms. The predicted octanol–water partition coefficient (Wildman–Crippen LogP) is 1.25. The molecule has 0 aliphatic rings. The number of nitrogens with one attached hydrogen (secondary N) is 1. The Labute approximate surface area is 120 Å². The van der Waals surface area contributed by atoms with E-state index in [1.165, 1.54) is 30.0 Å². The highest BCUT2D eigenvalue weighted by Crippen LogP contribution is 2.25. The Hall–Kier alpha value is -2.90. The molecular weight excluding hydrogens is 276 g/mol. The van der Waals surface area contributed by atoms with Crippen molar-refractivity contribution in [2.75, 3.05) is 19.5 Å². The lowest BCUT2D eigenvalue weighted by Gasteiger charge is -2.08. The van der Waals surface area contributed by atoms with Crippen molar-refractivity contribution < 1.29 is 9.66 Å². The van der Waals surface area contributed by atoms with Crippen LogP contribution in [0.25, 0.3) is 0 Å². The Kier molecular flexibility index (Phi) is 4.17. The summed E-state index contributed by atoms with van der Waals surface area (Å²) in [6.07, 6.45) is 0. The SMILES string of the molecule is CNc1ccc(Cn2nc(OC)ccc2=O)cc1[N+](=O)[O-]. The van der Waals surface area contributed by atoms with E-state index in [2.05, 4.69) is 10.4 Å². The van der Waals surface area contributed by atoms with Gasteiger partial charge in [0.25, 0.3) is 11.2 Å². The van der Waals surface area contributed by atoms with E-state index in [0.29, 0.717) is 17.1 Å². The van der Waals surface area contributed by atoms with Gasteiger partial charge in [-0.05, 0) is 11.6 Å². The quantitative estimate of drug-likeness (QED) is 0.657. The smallest absolute Gasteiger partial charge is 0.292 e. The van der Waals surface area contributed by atoms with Crippen LogP contribution in [-0.2, 0) is 6.54 Å². The van der Waals surface area contributed by atoms with Crippen molar-refractivity contribution >= 4 is 11.4 Å². The van der Waals surface area contributed by atoms with Crippen molar-refractivity contribution in [1.82, 2.24) is 9.78 Å². The summed E-state index contributed by atoms with van der Waals surface area (Å²) in [5, 5.41) is 17.8. The minimum atomic E-state index is -0.475. The van der Waals surface area contributed by atoms with Gasteiger partial charge in [-0.2, -0.15) is 0 Å². The lowest BCUT2D eigenvalue weighted by molar-refractivity contribution is -0.384. The summed E-state index contributed by atoms with van der Waals surface area (Å²) in [6.45, 7) is 0.126. The van der Waals surface area contributed by atoms with Crippen LogP contribution >= 0.6 is 0 Å². The van der Waals surface area contributed by atoms with E-state index in [-0.39, 0.29) is 17.8 Å². The molecule has 1 aromatic heterocycles. The molecule has 0 bridgehead atoms. The van der Waals surface area contributed by atoms with E-state index in [1.807, 2.05) is 0 Å². The number of hydrogen-bond donors (Lipinski definition) is 1. The van der Waals surface area contributed by atoms with Gasteiger partial charge in [0, 0.05) is 25.2 Å². The summed E-state index contributed by atoms with van der Waals surface area (Å²) in [7, 11) is 3.06. The Morgan fingerprint density at radius 2 is 2.14 bits per heavy atom. The number of anilines is 1. The zero-order valence-electron chi connectivity index (χ0n) is 11.6. The summed E-state index contributed by atoms with van der Waals surface area (Å²) in [5.41, 5.74) is 0.653. The van der Waals surface area contributed by atoms with Crippen molar-refractivity contribution in [3.05, 3.63) is 56.4 Å². The maximum Gasteiger partial charge on any atom is 0.292 e. The molecule has 0 aliphatic carbocycles. The molecule has 0 amide bonds. The van der Waals surface area contributed by atoms with Crippen LogP contribution in [-0.4, -0.2) is 28.9 Å². The fourth-order valence-corrected chi connectivity index (χ4v) is 1.86. The number of benzene rings is 1. The van der Waals surface area contributed by atoms with E-state index in [1.54, 1.807) is 19.2 Å². The van der Waals surface area contributed by atoms with Gasteiger partial charge >= 0.3 is 0 Å². The molecule has 0 unspecified atom stereocenters.